The molecule has 7 heteroatoms. The first-order chi connectivity index (χ1) is 17.0. The van der Waals surface area contributed by atoms with Crippen LogP contribution in [0.15, 0.2) is 66.3 Å². The second-order valence-corrected chi connectivity index (χ2v) is 9.21. The van der Waals surface area contributed by atoms with Gasteiger partial charge in [-0.15, -0.1) is 0 Å². The Morgan fingerprint density at radius 2 is 1.97 bits per heavy atom. The van der Waals surface area contributed by atoms with Crippen molar-refractivity contribution in [3.63, 3.8) is 0 Å². The lowest BCUT2D eigenvalue weighted by molar-refractivity contribution is 0.0929. The zero-order chi connectivity index (χ0) is 24.6. The Morgan fingerprint density at radius 1 is 1.17 bits per heavy atom. The Balaban J connectivity index is 1.40. The van der Waals surface area contributed by atoms with Crippen molar-refractivity contribution in [2.45, 2.75) is 52.0 Å². The number of carbonyl (C=O) groups is 1. The third-order valence-electron chi connectivity index (χ3n) is 6.40. The van der Waals surface area contributed by atoms with Crippen molar-refractivity contribution < 1.29 is 9.18 Å². The number of fused-ring (bicyclic) bond motifs is 1. The molecule has 184 valence electrons. The van der Waals surface area contributed by atoms with Crippen LogP contribution in [0.2, 0.25) is 0 Å². The number of H-pyrrole nitrogens is 1. The predicted molar refractivity (Wildman–Crippen MR) is 139 cm³/mol. The van der Waals surface area contributed by atoms with E-state index in [2.05, 4.69) is 32.3 Å². The average molecular weight is 476 g/mol. The normalized spacial score (nSPS) is 14.6. The number of aromatic nitrogens is 3. The highest BCUT2D eigenvalue weighted by molar-refractivity contribution is 6.01. The smallest absolute Gasteiger partial charge is 0.251 e. The molecule has 1 aliphatic carbocycles. The summed E-state index contributed by atoms with van der Waals surface area (Å²) in [5, 5.41) is 11.5. The number of allylic oxidation sites excluding steroid dienone is 3. The highest BCUT2D eigenvalue weighted by Crippen LogP contribution is 2.27. The molecule has 0 unspecified atom stereocenters. The maximum Gasteiger partial charge on any atom is 0.251 e. The fourth-order valence-electron chi connectivity index (χ4n) is 4.50. The first-order valence-electron chi connectivity index (χ1n) is 12.5. The molecule has 0 radical (unpaired) electrons. The molecule has 35 heavy (non-hydrogen) atoms. The number of carbonyl (C=O) groups excluding carboxylic acids is 1. The summed E-state index contributed by atoms with van der Waals surface area (Å²) in [6.45, 7) is 6.63. The van der Waals surface area contributed by atoms with E-state index in [1.54, 1.807) is 18.5 Å². The molecular weight excluding hydrogens is 441 g/mol. The molecule has 0 saturated heterocycles. The van der Waals surface area contributed by atoms with Gasteiger partial charge in [0.2, 0.25) is 0 Å². The summed E-state index contributed by atoms with van der Waals surface area (Å²) in [5.74, 6) is -0.186. The Hall–Kier alpha value is -3.32. The van der Waals surface area contributed by atoms with E-state index in [-0.39, 0.29) is 17.8 Å². The van der Waals surface area contributed by atoms with Gasteiger partial charge in [0.1, 0.15) is 11.5 Å². The van der Waals surface area contributed by atoms with Crippen molar-refractivity contribution in [2.24, 2.45) is 0 Å². The molecule has 0 saturated carbocycles. The van der Waals surface area contributed by atoms with Crippen LogP contribution < -0.4 is 5.32 Å². The Bertz CT molecular complexity index is 1200. The Labute approximate surface area is 206 Å². The molecule has 1 aliphatic rings. The molecule has 1 amide bonds. The highest BCUT2D eigenvalue weighted by Gasteiger charge is 2.17. The number of nitrogens with zero attached hydrogens (tertiary/aromatic N) is 3. The van der Waals surface area contributed by atoms with Gasteiger partial charge in [0.25, 0.3) is 5.91 Å². The predicted octanol–water partition coefficient (Wildman–Crippen LogP) is 5.81. The Morgan fingerprint density at radius 3 is 2.74 bits per heavy atom. The third kappa shape index (κ3) is 6.42. The number of rotatable bonds is 11. The molecule has 0 fully saturated rings. The van der Waals surface area contributed by atoms with E-state index in [1.165, 1.54) is 0 Å². The molecule has 3 aromatic rings. The quantitative estimate of drug-likeness (QED) is 0.367. The number of benzene rings is 1. The van der Waals surface area contributed by atoms with Crippen LogP contribution in [0.5, 0.6) is 0 Å². The van der Waals surface area contributed by atoms with E-state index in [9.17, 15) is 9.18 Å². The van der Waals surface area contributed by atoms with Crippen LogP contribution in [0, 0.1) is 0 Å². The van der Waals surface area contributed by atoms with Gasteiger partial charge in [0.15, 0.2) is 0 Å². The zero-order valence-corrected chi connectivity index (χ0v) is 20.6. The monoisotopic (exact) mass is 475 g/mol. The maximum atomic E-state index is 14.1. The second-order valence-electron chi connectivity index (χ2n) is 9.21. The molecule has 0 bridgehead atoms. The number of amides is 1. The summed E-state index contributed by atoms with van der Waals surface area (Å²) in [6.07, 6.45) is 11.7. The first-order valence-corrected chi connectivity index (χ1v) is 12.5. The van der Waals surface area contributed by atoms with Gasteiger partial charge >= 0.3 is 0 Å². The van der Waals surface area contributed by atoms with Crippen molar-refractivity contribution in [3.05, 3.63) is 71.8 Å². The second kappa shape index (κ2) is 11.9. The zero-order valence-electron chi connectivity index (χ0n) is 20.6. The van der Waals surface area contributed by atoms with Gasteiger partial charge < -0.3 is 10.2 Å². The number of hydrogen-bond acceptors (Lipinski definition) is 4. The van der Waals surface area contributed by atoms with E-state index < -0.39 is 0 Å². The summed E-state index contributed by atoms with van der Waals surface area (Å²) < 4.78 is 14.1. The van der Waals surface area contributed by atoms with Gasteiger partial charge in [-0.2, -0.15) is 5.10 Å². The summed E-state index contributed by atoms with van der Waals surface area (Å²) in [6, 6.07) is 9.36. The Kier molecular flexibility index (Phi) is 8.42. The molecule has 1 atom stereocenters. The van der Waals surface area contributed by atoms with E-state index in [0.717, 1.165) is 73.1 Å². The van der Waals surface area contributed by atoms with Crippen molar-refractivity contribution >= 4 is 16.8 Å². The molecule has 0 spiro atoms. The van der Waals surface area contributed by atoms with E-state index in [1.807, 2.05) is 43.3 Å². The van der Waals surface area contributed by atoms with E-state index in [4.69, 9.17) is 0 Å². The minimum absolute atomic E-state index is 0.0419. The van der Waals surface area contributed by atoms with Crippen LogP contribution in [-0.4, -0.2) is 51.7 Å². The fourth-order valence-corrected chi connectivity index (χ4v) is 4.50. The molecule has 4 rings (SSSR count). The minimum Gasteiger partial charge on any atom is -0.348 e. The van der Waals surface area contributed by atoms with Crippen LogP contribution in [0.3, 0.4) is 0 Å². The van der Waals surface area contributed by atoms with Gasteiger partial charge in [-0.05, 0) is 81.1 Å². The van der Waals surface area contributed by atoms with Gasteiger partial charge in [-0.25, -0.2) is 4.39 Å². The molecule has 2 N–H and O–H groups in total. The average Bonchev–Trinajstić information content (AvgIpc) is 3.30. The molecule has 2 aromatic heterocycles. The van der Waals surface area contributed by atoms with Crippen LogP contribution >= 0.6 is 0 Å². The summed E-state index contributed by atoms with van der Waals surface area (Å²) in [7, 11) is 0. The maximum absolute atomic E-state index is 14.1. The van der Waals surface area contributed by atoms with E-state index in [0.29, 0.717) is 12.0 Å². The highest BCUT2D eigenvalue weighted by atomic mass is 19.1. The van der Waals surface area contributed by atoms with Crippen LogP contribution in [0.1, 0.15) is 56.3 Å². The summed E-state index contributed by atoms with van der Waals surface area (Å²) in [5.41, 5.74) is 4.04. The number of pyridine rings is 1. The number of aromatic amines is 1. The number of hydrogen-bond donors (Lipinski definition) is 2. The standard InChI is InChI=1S/C28H34FN5O/c1-3-4-16-34(17-13-21-7-5-6-8-25(21)29)19-20(2)31-28(35)23-9-10-26-24(18-23)27(33-32-26)22-11-14-30-15-12-22/h7-12,14-15,18,20H,3-6,13,16-17,19H2,1-2H3,(H,31,35)(H,32,33)/t20-/m0/s1. The van der Waals surface area contributed by atoms with Crippen molar-refractivity contribution in [2.75, 3.05) is 19.6 Å². The molecular formula is C28H34FN5O. The largest absolute Gasteiger partial charge is 0.348 e. The lowest BCUT2D eigenvalue weighted by Gasteiger charge is -2.27. The number of halogens is 1. The lowest BCUT2D eigenvalue weighted by Crippen LogP contribution is -2.42. The van der Waals surface area contributed by atoms with Crippen LogP contribution in [0.4, 0.5) is 4.39 Å². The SMILES string of the molecule is CCCCN(CCC1=CCCC=C1F)C[C@H](C)NC(=O)c1ccc2[nH]nc(-c3ccncc3)c2c1. The summed E-state index contributed by atoms with van der Waals surface area (Å²) >= 11 is 0. The number of unbranched alkanes of at least 4 members (excludes halogenated alkanes) is 1. The van der Waals surface area contributed by atoms with E-state index >= 15 is 0 Å². The molecule has 1 aromatic carbocycles. The third-order valence-corrected chi connectivity index (χ3v) is 6.40. The lowest BCUT2D eigenvalue weighted by atomic mass is 10.0. The van der Waals surface area contributed by atoms with Crippen LogP contribution in [-0.2, 0) is 0 Å². The first kappa shape index (κ1) is 24.8. The van der Waals surface area contributed by atoms with Crippen molar-refractivity contribution in [1.29, 1.82) is 0 Å². The van der Waals surface area contributed by atoms with Gasteiger partial charge in [0.05, 0.1) is 5.52 Å². The summed E-state index contributed by atoms with van der Waals surface area (Å²) in [4.78, 5) is 19.5. The van der Waals surface area contributed by atoms with Crippen molar-refractivity contribution in [3.8, 4) is 11.3 Å². The fraction of sp³-hybridized carbons (Fsp3) is 0.393. The molecule has 6 nitrogen and oxygen atoms in total. The van der Waals surface area contributed by atoms with Gasteiger partial charge in [-0.1, -0.05) is 19.4 Å². The minimum atomic E-state index is -0.110. The van der Waals surface area contributed by atoms with Crippen LogP contribution in [0.25, 0.3) is 22.2 Å². The van der Waals surface area contributed by atoms with Gasteiger partial charge in [-0.3, -0.25) is 14.9 Å². The van der Waals surface area contributed by atoms with Crippen molar-refractivity contribution in [1.82, 2.24) is 25.4 Å². The molecule has 0 aliphatic heterocycles. The molecule has 2 heterocycles. The van der Waals surface area contributed by atoms with Gasteiger partial charge in [0, 0.05) is 48.0 Å². The number of nitrogens with one attached hydrogen (secondary N) is 2. The topological polar surface area (TPSA) is 73.9 Å².